The summed E-state index contributed by atoms with van der Waals surface area (Å²) in [6.45, 7) is 11.9. The molecule has 4 rings (SSSR count). The van der Waals surface area contributed by atoms with E-state index in [0.29, 0.717) is 23.7 Å². The predicted octanol–water partition coefficient (Wildman–Crippen LogP) is 7.42. The number of ether oxygens (including phenoxy) is 1. The minimum atomic E-state index is -0.258. The number of nitrogens with one attached hydrogen (secondary N) is 2. The largest absolute Gasteiger partial charge is 0.493 e. The molecule has 0 atom stereocenters. The van der Waals surface area contributed by atoms with Crippen molar-refractivity contribution >= 4 is 39.7 Å². The predicted molar refractivity (Wildman–Crippen MR) is 150 cm³/mol. The number of hydrogen-bond donors (Lipinski definition) is 2. The second kappa shape index (κ2) is 10.7. The van der Waals surface area contributed by atoms with Crippen LogP contribution in [-0.4, -0.2) is 18.4 Å². The maximum atomic E-state index is 12.9. The first-order valence-electron chi connectivity index (χ1n) is 12.3. The zero-order valence-electron chi connectivity index (χ0n) is 22.1. The van der Waals surface area contributed by atoms with Gasteiger partial charge in [0.1, 0.15) is 11.3 Å². The summed E-state index contributed by atoms with van der Waals surface area (Å²) in [5, 5.41) is 6.57. The highest BCUT2D eigenvalue weighted by Gasteiger charge is 2.20. The van der Waals surface area contributed by atoms with E-state index in [-0.39, 0.29) is 11.8 Å². The summed E-state index contributed by atoms with van der Waals surface area (Å²) in [6, 6.07) is 15.4. The van der Waals surface area contributed by atoms with E-state index in [1.54, 1.807) is 36.6 Å². The summed E-state index contributed by atoms with van der Waals surface area (Å²) in [7, 11) is 0. The minimum absolute atomic E-state index is 0.147. The van der Waals surface area contributed by atoms with Gasteiger partial charge in [0.15, 0.2) is 0 Å². The van der Waals surface area contributed by atoms with E-state index in [9.17, 15) is 9.59 Å². The molecule has 0 spiro atoms. The summed E-state index contributed by atoms with van der Waals surface area (Å²) in [5.74, 6) is 0.301. The lowest BCUT2D eigenvalue weighted by molar-refractivity contribution is -0.114. The summed E-state index contributed by atoms with van der Waals surface area (Å²) >= 11 is 0. The number of rotatable bonds is 7. The van der Waals surface area contributed by atoms with Crippen LogP contribution in [0, 0.1) is 20.8 Å². The zero-order chi connectivity index (χ0) is 26.7. The molecule has 0 aliphatic heterocycles. The molecule has 0 aliphatic carbocycles. The van der Waals surface area contributed by atoms with E-state index >= 15 is 0 Å². The number of allylic oxidation sites excluding steroid dienone is 1. The number of aryl methyl sites for hydroxylation is 3. The molecule has 0 aliphatic rings. The maximum Gasteiger partial charge on any atom is 0.248 e. The lowest BCUT2D eigenvalue weighted by Crippen LogP contribution is -2.09. The maximum absolute atomic E-state index is 12.9. The number of carbonyl (C=O) groups is 2. The van der Waals surface area contributed by atoms with E-state index in [4.69, 9.17) is 9.15 Å². The van der Waals surface area contributed by atoms with Gasteiger partial charge in [-0.15, -0.1) is 0 Å². The van der Waals surface area contributed by atoms with Crippen LogP contribution in [0.3, 0.4) is 0 Å². The number of amides is 2. The monoisotopic (exact) mass is 496 g/mol. The highest BCUT2D eigenvalue weighted by Crippen LogP contribution is 2.41. The van der Waals surface area contributed by atoms with Crippen molar-refractivity contribution in [3.63, 3.8) is 0 Å². The molecule has 1 heterocycles. The van der Waals surface area contributed by atoms with E-state index in [1.165, 1.54) is 18.1 Å². The number of anilines is 2. The van der Waals surface area contributed by atoms with Crippen LogP contribution in [0.5, 0.6) is 5.75 Å². The molecular weight excluding hydrogens is 464 g/mol. The van der Waals surface area contributed by atoms with Crippen LogP contribution in [0.2, 0.25) is 0 Å². The molecule has 37 heavy (non-hydrogen) atoms. The van der Waals surface area contributed by atoms with E-state index < -0.39 is 0 Å². The third-order valence-corrected chi connectivity index (χ3v) is 6.25. The Morgan fingerprint density at radius 3 is 2.22 bits per heavy atom. The molecule has 1 aromatic heterocycles. The van der Waals surface area contributed by atoms with Crippen molar-refractivity contribution in [2.24, 2.45) is 0 Å². The molecule has 0 radical (unpaired) electrons. The van der Waals surface area contributed by atoms with Gasteiger partial charge in [0.05, 0.1) is 12.9 Å². The normalized spacial score (nSPS) is 11.5. The number of fused-ring (bicyclic) bond motifs is 1. The molecule has 0 bridgehead atoms. The molecule has 6 heteroatoms. The van der Waals surface area contributed by atoms with Gasteiger partial charge in [0.2, 0.25) is 11.8 Å². The van der Waals surface area contributed by atoms with Crippen LogP contribution < -0.4 is 15.4 Å². The molecule has 2 amide bonds. The lowest BCUT2D eigenvalue weighted by Gasteiger charge is -2.15. The Bertz CT molecular complexity index is 1510. The Labute approximate surface area is 217 Å². The Balaban J connectivity index is 1.71. The van der Waals surface area contributed by atoms with Crippen LogP contribution in [0.25, 0.3) is 27.7 Å². The van der Waals surface area contributed by atoms with Gasteiger partial charge in [0, 0.05) is 46.5 Å². The summed E-state index contributed by atoms with van der Waals surface area (Å²) in [6.07, 6.45) is 3.37. The second-order valence-corrected chi connectivity index (χ2v) is 9.23. The van der Waals surface area contributed by atoms with Gasteiger partial charge in [0.25, 0.3) is 0 Å². The van der Waals surface area contributed by atoms with Crippen LogP contribution >= 0.6 is 0 Å². The third-order valence-electron chi connectivity index (χ3n) is 6.25. The number of hydrogen-bond acceptors (Lipinski definition) is 4. The summed E-state index contributed by atoms with van der Waals surface area (Å²) in [4.78, 5) is 24.1. The Morgan fingerprint density at radius 2 is 1.59 bits per heavy atom. The lowest BCUT2D eigenvalue weighted by atomic mass is 9.94. The van der Waals surface area contributed by atoms with Crippen LogP contribution in [0.1, 0.15) is 43.0 Å². The average molecular weight is 497 g/mol. The Hall–Kier alpha value is -4.32. The third kappa shape index (κ3) is 5.59. The minimum Gasteiger partial charge on any atom is -0.493 e. The first-order chi connectivity index (χ1) is 17.7. The van der Waals surface area contributed by atoms with E-state index in [1.807, 2.05) is 26.8 Å². The first-order valence-corrected chi connectivity index (χ1v) is 12.3. The van der Waals surface area contributed by atoms with Gasteiger partial charge < -0.3 is 19.8 Å². The van der Waals surface area contributed by atoms with Gasteiger partial charge in [-0.05, 0) is 81.7 Å². The second-order valence-electron chi connectivity index (χ2n) is 9.23. The molecule has 2 N–H and O–H groups in total. The highest BCUT2D eigenvalue weighted by molar-refractivity contribution is 6.06. The number of carbonyl (C=O) groups excluding carboxylic acids is 2. The van der Waals surface area contributed by atoms with Gasteiger partial charge >= 0.3 is 0 Å². The van der Waals surface area contributed by atoms with E-state index in [0.717, 1.165) is 38.8 Å². The molecule has 4 aromatic rings. The van der Waals surface area contributed by atoms with Crippen LogP contribution in [0.4, 0.5) is 11.4 Å². The van der Waals surface area contributed by atoms with Gasteiger partial charge in [-0.2, -0.15) is 0 Å². The van der Waals surface area contributed by atoms with Crippen molar-refractivity contribution in [3.8, 4) is 16.9 Å². The fourth-order valence-corrected chi connectivity index (χ4v) is 4.56. The zero-order valence-corrected chi connectivity index (χ0v) is 22.1. The SMILES string of the molecule is CCOc1c(/C(C)=C/C(=O)Nc2ccc(NC(C)=O)cc2)cc2c(-c3ccc(C)cc3C)coc2c1C. The summed E-state index contributed by atoms with van der Waals surface area (Å²) < 4.78 is 12.1. The fourth-order valence-electron chi connectivity index (χ4n) is 4.56. The van der Waals surface area contributed by atoms with Crippen LogP contribution in [-0.2, 0) is 9.59 Å². The van der Waals surface area contributed by atoms with Crippen molar-refractivity contribution in [2.45, 2.75) is 41.5 Å². The first kappa shape index (κ1) is 25.8. The van der Waals surface area contributed by atoms with Crippen molar-refractivity contribution in [1.29, 1.82) is 0 Å². The van der Waals surface area contributed by atoms with E-state index in [2.05, 4.69) is 42.7 Å². The van der Waals surface area contributed by atoms with Crippen LogP contribution in [0.15, 0.2) is 65.3 Å². The quantitative estimate of drug-likeness (QED) is 0.261. The molecule has 0 saturated heterocycles. The highest BCUT2D eigenvalue weighted by atomic mass is 16.5. The molecule has 0 unspecified atom stereocenters. The molecule has 3 aromatic carbocycles. The van der Waals surface area contributed by atoms with Gasteiger partial charge in [-0.25, -0.2) is 0 Å². The van der Waals surface area contributed by atoms with Crippen molar-refractivity contribution in [1.82, 2.24) is 0 Å². The molecule has 0 saturated carbocycles. The van der Waals surface area contributed by atoms with Gasteiger partial charge in [-0.1, -0.05) is 23.8 Å². The van der Waals surface area contributed by atoms with Crippen molar-refractivity contribution in [3.05, 3.63) is 83.1 Å². The topological polar surface area (TPSA) is 80.6 Å². The Morgan fingerprint density at radius 1 is 0.919 bits per heavy atom. The molecule has 0 fully saturated rings. The number of furan rings is 1. The van der Waals surface area contributed by atoms with Crippen molar-refractivity contribution in [2.75, 3.05) is 17.2 Å². The molecular formula is C31H32N2O4. The van der Waals surface area contributed by atoms with Gasteiger partial charge in [-0.3, -0.25) is 9.59 Å². The summed E-state index contributed by atoms with van der Waals surface area (Å²) in [5.41, 5.74) is 9.09. The standard InChI is InChI=1S/C31H32N2O4/c1-7-36-30-21(5)31-27(28(17-37-31)25-13-8-18(2)14-19(25)3)16-26(30)20(4)15-29(35)33-24-11-9-23(10-12-24)32-22(6)34/h8-17H,7H2,1-6H3,(H,32,34)(H,33,35)/b20-15+. The number of benzene rings is 3. The van der Waals surface area contributed by atoms with Crippen molar-refractivity contribution < 1.29 is 18.7 Å². The molecule has 6 nitrogen and oxygen atoms in total. The Kier molecular flexibility index (Phi) is 7.48. The molecule has 190 valence electrons. The smallest absolute Gasteiger partial charge is 0.248 e. The average Bonchev–Trinajstić information content (AvgIpc) is 3.25. The fraction of sp³-hybridized carbons (Fsp3) is 0.226.